The average Bonchev–Trinajstić information content (AvgIpc) is 3.36. The van der Waals surface area contributed by atoms with E-state index in [0.29, 0.717) is 5.92 Å². The quantitative estimate of drug-likeness (QED) is 0.778. The molecule has 2 amide bonds. The molecule has 1 saturated carbocycles. The van der Waals surface area contributed by atoms with E-state index in [2.05, 4.69) is 10.6 Å². The van der Waals surface area contributed by atoms with Gasteiger partial charge in [-0.1, -0.05) is 36.4 Å². The van der Waals surface area contributed by atoms with Crippen LogP contribution in [0.15, 0.2) is 48.5 Å². The lowest BCUT2D eigenvalue weighted by molar-refractivity contribution is 0.137. The van der Waals surface area contributed by atoms with Gasteiger partial charge in [0.25, 0.3) is 0 Å². The molecule has 3 rings (SSSR count). The van der Waals surface area contributed by atoms with Crippen LogP contribution in [0.25, 0.3) is 0 Å². The van der Waals surface area contributed by atoms with Crippen LogP contribution in [-0.2, 0) is 0 Å². The van der Waals surface area contributed by atoms with E-state index in [1.165, 1.54) is 11.6 Å². The number of amides is 2. The van der Waals surface area contributed by atoms with Crippen LogP contribution < -0.4 is 10.6 Å². The van der Waals surface area contributed by atoms with Gasteiger partial charge < -0.3 is 15.7 Å². The number of aliphatic hydroxyl groups excluding tert-OH is 1. The summed E-state index contributed by atoms with van der Waals surface area (Å²) >= 11 is 0. The molecule has 0 saturated heterocycles. The second-order valence-electron chi connectivity index (χ2n) is 6.38. The number of rotatable bonds is 5. The minimum absolute atomic E-state index is 0.0648. The minimum atomic E-state index is -1.13. The topological polar surface area (TPSA) is 61.4 Å². The minimum Gasteiger partial charge on any atom is -0.386 e. The first kappa shape index (κ1) is 17.4. The fourth-order valence-corrected chi connectivity index (χ4v) is 2.90. The van der Waals surface area contributed by atoms with Crippen LogP contribution in [-0.4, -0.2) is 23.2 Å². The lowest BCUT2D eigenvalue weighted by Crippen LogP contribution is -2.44. The van der Waals surface area contributed by atoms with Crippen molar-refractivity contribution in [3.05, 3.63) is 71.3 Å². The summed E-state index contributed by atoms with van der Waals surface area (Å²) in [4.78, 5) is 12.1. The molecule has 6 heteroatoms. The highest BCUT2D eigenvalue weighted by Gasteiger charge is 2.39. The molecule has 1 aliphatic rings. The molecule has 132 valence electrons. The predicted molar refractivity (Wildman–Crippen MR) is 90.0 cm³/mol. The third kappa shape index (κ3) is 4.14. The van der Waals surface area contributed by atoms with E-state index in [1.807, 2.05) is 30.3 Å². The van der Waals surface area contributed by atoms with Crippen molar-refractivity contribution in [1.29, 1.82) is 0 Å². The second-order valence-corrected chi connectivity index (χ2v) is 6.38. The van der Waals surface area contributed by atoms with E-state index >= 15 is 0 Å². The summed E-state index contributed by atoms with van der Waals surface area (Å²) < 4.78 is 26.2. The van der Waals surface area contributed by atoms with Crippen LogP contribution in [0.2, 0.25) is 0 Å². The largest absolute Gasteiger partial charge is 0.386 e. The Bertz CT molecular complexity index is 754. The maximum absolute atomic E-state index is 13.3. The van der Waals surface area contributed by atoms with Gasteiger partial charge >= 0.3 is 6.03 Å². The van der Waals surface area contributed by atoms with Gasteiger partial charge in [0.15, 0.2) is 11.6 Å². The third-order valence-corrected chi connectivity index (χ3v) is 4.45. The molecule has 4 unspecified atom stereocenters. The maximum atomic E-state index is 13.3. The number of carbonyl (C=O) groups is 1. The van der Waals surface area contributed by atoms with Crippen molar-refractivity contribution in [1.82, 2.24) is 10.6 Å². The second kappa shape index (κ2) is 7.19. The molecule has 0 spiro atoms. The summed E-state index contributed by atoms with van der Waals surface area (Å²) in [6, 6.07) is 12.1. The molecule has 0 bridgehead atoms. The van der Waals surface area contributed by atoms with Crippen LogP contribution in [0.3, 0.4) is 0 Å². The summed E-state index contributed by atoms with van der Waals surface area (Å²) in [5.41, 5.74) is 1.39. The molecule has 3 N–H and O–H groups in total. The summed E-state index contributed by atoms with van der Waals surface area (Å²) in [7, 11) is 0. The molecule has 0 radical (unpaired) electrons. The van der Waals surface area contributed by atoms with Crippen LogP contribution in [0.1, 0.15) is 36.5 Å². The van der Waals surface area contributed by atoms with Crippen LogP contribution in [0.5, 0.6) is 0 Å². The Morgan fingerprint density at radius 2 is 1.88 bits per heavy atom. The van der Waals surface area contributed by atoms with E-state index in [9.17, 15) is 18.7 Å². The van der Waals surface area contributed by atoms with Gasteiger partial charge in [-0.15, -0.1) is 0 Å². The van der Waals surface area contributed by atoms with E-state index in [4.69, 9.17) is 0 Å². The lowest BCUT2D eigenvalue weighted by atomic mass is 10.0. The smallest absolute Gasteiger partial charge is 0.315 e. The number of hydrogen-bond acceptors (Lipinski definition) is 2. The van der Waals surface area contributed by atoms with Gasteiger partial charge in [0.05, 0.1) is 12.1 Å². The molecule has 1 fully saturated rings. The summed E-state index contributed by atoms with van der Waals surface area (Å²) in [6.07, 6.45) is -0.262. The van der Waals surface area contributed by atoms with Crippen LogP contribution in [0.4, 0.5) is 13.6 Å². The number of nitrogens with one attached hydrogen (secondary N) is 2. The van der Waals surface area contributed by atoms with Crippen LogP contribution >= 0.6 is 0 Å². The molecule has 2 aromatic carbocycles. The average molecular weight is 346 g/mol. The Morgan fingerprint density at radius 1 is 1.16 bits per heavy atom. The summed E-state index contributed by atoms with van der Waals surface area (Å²) in [6.45, 7) is 1.60. The molecule has 1 aliphatic carbocycles. The number of hydrogen-bond donors (Lipinski definition) is 3. The first-order valence-corrected chi connectivity index (χ1v) is 8.20. The number of aliphatic hydroxyl groups is 1. The molecule has 4 nitrogen and oxygen atoms in total. The predicted octanol–water partition coefficient (Wildman–Crippen LogP) is 3.24. The molecular weight excluding hydrogens is 326 g/mol. The zero-order valence-electron chi connectivity index (χ0n) is 13.7. The van der Waals surface area contributed by atoms with Gasteiger partial charge in [-0.3, -0.25) is 0 Å². The number of halogens is 2. The van der Waals surface area contributed by atoms with Gasteiger partial charge in [-0.2, -0.15) is 0 Å². The fraction of sp³-hybridized carbons (Fsp3) is 0.316. The number of urea groups is 1. The van der Waals surface area contributed by atoms with Gasteiger partial charge in [0.2, 0.25) is 0 Å². The molecule has 2 aromatic rings. The van der Waals surface area contributed by atoms with E-state index < -0.39 is 29.8 Å². The fourth-order valence-electron chi connectivity index (χ4n) is 2.90. The van der Waals surface area contributed by atoms with Crippen molar-refractivity contribution >= 4 is 6.03 Å². The Hall–Kier alpha value is -2.47. The highest BCUT2D eigenvalue weighted by molar-refractivity contribution is 5.75. The summed E-state index contributed by atoms with van der Waals surface area (Å²) in [5.74, 6) is -1.70. The Balaban J connectivity index is 1.52. The van der Waals surface area contributed by atoms with E-state index in [0.717, 1.165) is 18.6 Å². The van der Waals surface area contributed by atoms with Crippen molar-refractivity contribution in [3.8, 4) is 0 Å². The van der Waals surface area contributed by atoms with Crippen molar-refractivity contribution in [3.63, 3.8) is 0 Å². The van der Waals surface area contributed by atoms with Crippen molar-refractivity contribution in [2.24, 2.45) is 0 Å². The molecule has 0 aliphatic heterocycles. The zero-order valence-corrected chi connectivity index (χ0v) is 13.7. The zero-order chi connectivity index (χ0) is 18.0. The summed E-state index contributed by atoms with van der Waals surface area (Å²) in [5, 5.41) is 15.7. The Labute approximate surface area is 144 Å². The van der Waals surface area contributed by atoms with Crippen LogP contribution in [0, 0.1) is 11.6 Å². The van der Waals surface area contributed by atoms with Crippen molar-refractivity contribution in [2.45, 2.75) is 37.5 Å². The lowest BCUT2D eigenvalue weighted by Gasteiger charge is -2.21. The van der Waals surface area contributed by atoms with Gasteiger partial charge in [0, 0.05) is 12.0 Å². The highest BCUT2D eigenvalue weighted by Crippen LogP contribution is 2.40. The van der Waals surface area contributed by atoms with Crippen molar-refractivity contribution < 1.29 is 18.7 Å². The van der Waals surface area contributed by atoms with E-state index in [1.54, 1.807) is 6.92 Å². The molecule has 4 atom stereocenters. The Kier molecular flexibility index (Phi) is 4.99. The van der Waals surface area contributed by atoms with Crippen molar-refractivity contribution in [2.75, 3.05) is 0 Å². The molecule has 25 heavy (non-hydrogen) atoms. The highest BCUT2D eigenvalue weighted by atomic mass is 19.2. The third-order valence-electron chi connectivity index (χ3n) is 4.45. The molecular formula is C19H20F2N2O2. The number of carbonyl (C=O) groups excluding carboxylic acids is 1. The maximum Gasteiger partial charge on any atom is 0.315 e. The Morgan fingerprint density at radius 3 is 2.56 bits per heavy atom. The monoisotopic (exact) mass is 346 g/mol. The molecule has 0 heterocycles. The normalized spacial score (nSPS) is 21.3. The number of benzene rings is 2. The van der Waals surface area contributed by atoms with Gasteiger partial charge in [0.1, 0.15) is 0 Å². The van der Waals surface area contributed by atoms with E-state index in [-0.39, 0.29) is 11.6 Å². The first-order valence-electron chi connectivity index (χ1n) is 8.20. The molecule has 0 aromatic heterocycles. The SMILES string of the molecule is CC(NC(=O)NC1CC1c1ccccc1)C(O)c1ccc(F)c(F)c1. The standard InChI is InChI=1S/C19H20F2N2O2/c1-11(18(24)13-7-8-15(20)16(21)9-13)22-19(25)23-17-10-14(17)12-5-3-2-4-6-12/h2-9,11,14,17-18,24H,10H2,1H3,(H2,22,23,25). The first-order chi connectivity index (χ1) is 12.0. The van der Waals surface area contributed by atoms with Gasteiger partial charge in [-0.25, -0.2) is 13.6 Å². The van der Waals surface area contributed by atoms with Gasteiger partial charge in [-0.05, 0) is 36.6 Å².